The molecule has 0 unspecified atom stereocenters. The number of fused-ring (bicyclic) bond motifs is 1. The fourth-order valence-corrected chi connectivity index (χ4v) is 3.32. The number of amides is 2. The smallest absolute Gasteiger partial charge is 0.246 e. The monoisotopic (exact) mass is 321 g/mol. The van der Waals surface area contributed by atoms with E-state index in [4.69, 9.17) is 0 Å². The summed E-state index contributed by atoms with van der Waals surface area (Å²) >= 11 is 1.20. The molecule has 0 aliphatic heterocycles. The maximum Gasteiger partial charge on any atom is 0.246 e. The lowest BCUT2D eigenvalue weighted by molar-refractivity contribution is -0.129. The van der Waals surface area contributed by atoms with Crippen molar-refractivity contribution in [2.75, 3.05) is 18.9 Å². The van der Waals surface area contributed by atoms with Gasteiger partial charge >= 0.3 is 0 Å². The van der Waals surface area contributed by atoms with Crippen LogP contribution in [0.1, 0.15) is 35.6 Å². The van der Waals surface area contributed by atoms with Crippen molar-refractivity contribution in [3.8, 4) is 0 Å². The maximum absolute atomic E-state index is 12.1. The van der Waals surface area contributed by atoms with E-state index in [-0.39, 0.29) is 29.6 Å². The molecular weight excluding hydrogens is 302 g/mol. The van der Waals surface area contributed by atoms with Gasteiger partial charge in [-0.15, -0.1) is 0 Å². The molecule has 2 amide bonds. The largest absolute Gasteiger partial charge is 0.333 e. The minimum atomic E-state index is -0.351. The Labute approximate surface area is 133 Å². The zero-order chi connectivity index (χ0) is 16.5. The number of Topliss-reactive ketones (excluding diaryl/α,β-unsaturated/α-hetero) is 1. The third-order valence-corrected chi connectivity index (χ3v) is 4.47. The van der Waals surface area contributed by atoms with Gasteiger partial charge in [0, 0.05) is 13.5 Å². The second-order valence-corrected chi connectivity index (χ2v) is 7.18. The second-order valence-electron chi connectivity index (χ2n) is 6.18. The normalized spacial score (nSPS) is 15.9. The van der Waals surface area contributed by atoms with Gasteiger partial charge < -0.3 is 10.2 Å². The number of hydrogen-bond donors (Lipinski definition) is 1. The third-order valence-electron chi connectivity index (χ3n) is 3.41. The quantitative estimate of drug-likeness (QED) is 0.859. The highest BCUT2D eigenvalue weighted by atomic mass is 32.1. The molecule has 6 nitrogen and oxygen atoms in total. The fraction of sp³-hybridized carbons (Fsp3) is 0.467. The van der Waals surface area contributed by atoms with E-state index in [9.17, 15) is 14.4 Å². The Morgan fingerprint density at radius 3 is 2.77 bits per heavy atom. The van der Waals surface area contributed by atoms with Crippen LogP contribution in [0.4, 0.5) is 5.13 Å². The Hall–Kier alpha value is -2.02. The standard InChI is InChI=1S/C15H19N3O3S/c1-5-12(21)18(4)8-11(20)17-14-16-9-6-15(2,3)7-10(19)13(9)22-14/h5H,1,6-8H2,2-4H3,(H,16,17,20). The highest BCUT2D eigenvalue weighted by Crippen LogP contribution is 2.38. The van der Waals surface area contributed by atoms with E-state index in [0.717, 1.165) is 18.2 Å². The number of aromatic nitrogens is 1. The number of nitrogens with one attached hydrogen (secondary N) is 1. The molecule has 22 heavy (non-hydrogen) atoms. The van der Waals surface area contributed by atoms with Crippen LogP contribution in [0.2, 0.25) is 0 Å². The predicted octanol–water partition coefficient (Wildman–Crippen LogP) is 1.88. The first kappa shape index (κ1) is 16.4. The van der Waals surface area contributed by atoms with Crippen molar-refractivity contribution in [2.45, 2.75) is 26.7 Å². The maximum atomic E-state index is 12.1. The van der Waals surface area contributed by atoms with Gasteiger partial charge in [0.05, 0.1) is 17.1 Å². The van der Waals surface area contributed by atoms with Gasteiger partial charge in [0.25, 0.3) is 0 Å². The highest BCUT2D eigenvalue weighted by Gasteiger charge is 2.34. The lowest BCUT2D eigenvalue weighted by Crippen LogP contribution is -2.33. The van der Waals surface area contributed by atoms with Gasteiger partial charge in [-0.2, -0.15) is 0 Å². The topological polar surface area (TPSA) is 79.4 Å². The molecule has 1 aromatic rings. The molecule has 1 aliphatic rings. The molecule has 0 saturated carbocycles. The van der Waals surface area contributed by atoms with Crippen molar-refractivity contribution in [3.63, 3.8) is 0 Å². The van der Waals surface area contributed by atoms with E-state index < -0.39 is 0 Å². The number of rotatable bonds is 4. The van der Waals surface area contributed by atoms with Crippen molar-refractivity contribution in [1.82, 2.24) is 9.88 Å². The van der Waals surface area contributed by atoms with Gasteiger partial charge in [0.2, 0.25) is 11.8 Å². The zero-order valence-electron chi connectivity index (χ0n) is 12.9. The Bertz CT molecular complexity index is 648. The van der Waals surface area contributed by atoms with E-state index in [1.54, 1.807) is 0 Å². The van der Waals surface area contributed by atoms with E-state index in [1.807, 2.05) is 13.8 Å². The van der Waals surface area contributed by atoms with Crippen molar-refractivity contribution in [3.05, 3.63) is 23.2 Å². The lowest BCUT2D eigenvalue weighted by Gasteiger charge is -2.26. The Morgan fingerprint density at radius 1 is 1.45 bits per heavy atom. The van der Waals surface area contributed by atoms with Crippen LogP contribution in [-0.4, -0.2) is 41.1 Å². The number of nitrogens with zero attached hydrogens (tertiary/aromatic N) is 2. The van der Waals surface area contributed by atoms with Gasteiger partial charge in [-0.3, -0.25) is 14.4 Å². The molecule has 0 spiro atoms. The van der Waals surface area contributed by atoms with Crippen LogP contribution in [0.25, 0.3) is 0 Å². The first-order valence-corrected chi connectivity index (χ1v) is 7.74. The number of hydrogen-bond acceptors (Lipinski definition) is 5. The van der Waals surface area contributed by atoms with Crippen molar-refractivity contribution < 1.29 is 14.4 Å². The summed E-state index contributed by atoms with van der Waals surface area (Å²) in [5.74, 6) is -0.607. The molecule has 1 N–H and O–H groups in total. The molecule has 0 saturated heterocycles. The van der Waals surface area contributed by atoms with Crippen LogP contribution in [0.3, 0.4) is 0 Å². The second kappa shape index (κ2) is 6.00. The van der Waals surface area contributed by atoms with Gasteiger partial charge in [0.15, 0.2) is 10.9 Å². The number of thiazole rings is 1. The SMILES string of the molecule is C=CC(=O)N(C)CC(=O)Nc1nc2c(s1)C(=O)CC(C)(C)C2. The molecule has 1 aliphatic carbocycles. The van der Waals surface area contributed by atoms with Gasteiger partial charge in [-0.05, 0) is 17.9 Å². The minimum absolute atomic E-state index is 0.0724. The van der Waals surface area contributed by atoms with Gasteiger partial charge in [-0.25, -0.2) is 4.98 Å². The number of ketones is 1. The van der Waals surface area contributed by atoms with Gasteiger partial charge in [0.1, 0.15) is 0 Å². The zero-order valence-corrected chi connectivity index (χ0v) is 13.7. The highest BCUT2D eigenvalue weighted by molar-refractivity contribution is 7.17. The number of carbonyl (C=O) groups is 3. The predicted molar refractivity (Wildman–Crippen MR) is 85.0 cm³/mol. The van der Waals surface area contributed by atoms with Crippen LogP contribution in [0.5, 0.6) is 0 Å². The van der Waals surface area contributed by atoms with Crippen molar-refractivity contribution in [1.29, 1.82) is 0 Å². The molecule has 7 heteroatoms. The Kier molecular flexibility index (Phi) is 4.46. The molecule has 0 aromatic carbocycles. The molecule has 0 bridgehead atoms. The Morgan fingerprint density at radius 2 is 2.14 bits per heavy atom. The van der Waals surface area contributed by atoms with Crippen LogP contribution in [0, 0.1) is 5.41 Å². The summed E-state index contributed by atoms with van der Waals surface area (Å²) in [7, 11) is 1.52. The van der Waals surface area contributed by atoms with E-state index in [2.05, 4.69) is 16.9 Å². The molecule has 0 atom stereocenters. The summed E-state index contributed by atoms with van der Waals surface area (Å²) in [5.41, 5.74) is 0.646. The molecular formula is C15H19N3O3S. The average molecular weight is 321 g/mol. The number of anilines is 1. The number of likely N-dealkylation sites (N-methyl/N-ethyl adjacent to an activating group) is 1. The molecule has 2 rings (SSSR count). The van der Waals surface area contributed by atoms with Crippen LogP contribution in [-0.2, 0) is 16.0 Å². The molecule has 1 heterocycles. The molecule has 118 valence electrons. The van der Waals surface area contributed by atoms with E-state index >= 15 is 0 Å². The van der Waals surface area contributed by atoms with Crippen molar-refractivity contribution >= 4 is 34.1 Å². The van der Waals surface area contributed by atoms with E-state index in [1.165, 1.54) is 23.3 Å². The minimum Gasteiger partial charge on any atom is -0.333 e. The summed E-state index contributed by atoms with van der Waals surface area (Å²) in [6.45, 7) is 7.34. The molecule has 0 radical (unpaired) electrons. The lowest BCUT2D eigenvalue weighted by atomic mass is 9.78. The third kappa shape index (κ3) is 3.59. The summed E-state index contributed by atoms with van der Waals surface area (Å²) in [6, 6.07) is 0. The summed E-state index contributed by atoms with van der Waals surface area (Å²) < 4.78 is 0. The van der Waals surface area contributed by atoms with Crippen LogP contribution < -0.4 is 5.32 Å². The molecule has 0 fully saturated rings. The van der Waals surface area contributed by atoms with Crippen LogP contribution >= 0.6 is 11.3 Å². The summed E-state index contributed by atoms with van der Waals surface area (Å²) in [6.07, 6.45) is 2.36. The Balaban J connectivity index is 2.06. The first-order valence-electron chi connectivity index (χ1n) is 6.92. The summed E-state index contributed by atoms with van der Waals surface area (Å²) in [4.78, 5) is 41.6. The average Bonchev–Trinajstić information content (AvgIpc) is 2.78. The van der Waals surface area contributed by atoms with Crippen LogP contribution in [0.15, 0.2) is 12.7 Å². The number of carbonyl (C=O) groups excluding carboxylic acids is 3. The molecule has 1 aromatic heterocycles. The summed E-state index contributed by atoms with van der Waals surface area (Å²) in [5, 5.41) is 3.05. The first-order chi connectivity index (χ1) is 10.2. The van der Waals surface area contributed by atoms with E-state index in [0.29, 0.717) is 16.4 Å². The fourth-order valence-electron chi connectivity index (χ4n) is 2.38. The van der Waals surface area contributed by atoms with Gasteiger partial charge in [-0.1, -0.05) is 31.8 Å². The van der Waals surface area contributed by atoms with Crippen molar-refractivity contribution in [2.24, 2.45) is 5.41 Å².